The third-order valence-electron chi connectivity index (χ3n) is 8.13. The highest BCUT2D eigenvalue weighted by molar-refractivity contribution is 5.94. The predicted octanol–water partition coefficient (Wildman–Crippen LogP) is 11.4. The molecular weight excluding hydrogens is 612 g/mol. The van der Waals surface area contributed by atoms with Gasteiger partial charge in [-0.05, 0) is 77.9 Å². The second-order valence-corrected chi connectivity index (χ2v) is 11.9. The standard InChI is InChI=1S/C38H46F4O5/c1-3-5-7-9-10-11-12-14-24-46-34-23-21-29(26-33(34)39)31-22-20-30(36(43)44)25-32(31)27-16-18-28(19-17-27)37(45)47-35(38(40,41)42)15-13-8-6-4-2/h16-23,25-26,35H,3-15,24H2,1-2H3,(H,43,44). The normalized spacial score (nSPS) is 12.1. The van der Waals surface area contributed by atoms with E-state index in [9.17, 15) is 27.9 Å². The molecule has 0 bridgehead atoms. The number of aromatic carboxylic acids is 1. The number of ether oxygens (including phenoxy) is 2. The summed E-state index contributed by atoms with van der Waals surface area (Å²) in [6.07, 6.45) is 4.52. The number of unbranched alkanes of at least 4 members (excludes halogenated alkanes) is 10. The van der Waals surface area contributed by atoms with Crippen LogP contribution in [-0.2, 0) is 4.74 Å². The average Bonchev–Trinajstić information content (AvgIpc) is 3.05. The van der Waals surface area contributed by atoms with E-state index in [0.717, 1.165) is 32.1 Å². The number of carboxylic acids is 1. The first-order chi connectivity index (χ1) is 22.5. The van der Waals surface area contributed by atoms with Crippen LogP contribution in [0.5, 0.6) is 5.75 Å². The van der Waals surface area contributed by atoms with Crippen molar-refractivity contribution in [3.63, 3.8) is 0 Å². The van der Waals surface area contributed by atoms with Gasteiger partial charge in [-0.3, -0.25) is 0 Å². The van der Waals surface area contributed by atoms with E-state index in [-0.39, 0.29) is 23.3 Å². The first kappa shape index (κ1) is 37.6. The Morgan fingerprint density at radius 1 is 0.702 bits per heavy atom. The van der Waals surface area contributed by atoms with Gasteiger partial charge in [0, 0.05) is 0 Å². The van der Waals surface area contributed by atoms with Gasteiger partial charge in [-0.1, -0.05) is 102 Å². The molecule has 3 aromatic rings. The smallest absolute Gasteiger partial charge is 0.425 e. The SMILES string of the molecule is CCCCCCCCCCOc1ccc(-c2ccc(C(=O)O)cc2-c2ccc(C(=O)OC(CCCCCC)C(F)(F)F)cc2)cc1F. The van der Waals surface area contributed by atoms with Crippen LogP contribution in [0.4, 0.5) is 17.6 Å². The van der Waals surface area contributed by atoms with Crippen molar-refractivity contribution in [3.05, 3.63) is 77.6 Å². The first-order valence-corrected chi connectivity index (χ1v) is 16.7. The number of halogens is 4. The third kappa shape index (κ3) is 12.0. The zero-order valence-corrected chi connectivity index (χ0v) is 27.3. The molecule has 0 aliphatic rings. The second kappa shape index (κ2) is 19.1. The molecule has 0 saturated heterocycles. The Hall–Kier alpha value is -3.88. The number of carbonyl (C=O) groups is 2. The molecule has 0 heterocycles. The van der Waals surface area contributed by atoms with Gasteiger partial charge in [0.1, 0.15) is 0 Å². The molecule has 0 aliphatic carbocycles. The number of esters is 1. The van der Waals surface area contributed by atoms with Gasteiger partial charge in [0.2, 0.25) is 0 Å². The molecule has 0 radical (unpaired) electrons. The lowest BCUT2D eigenvalue weighted by Gasteiger charge is -2.21. The summed E-state index contributed by atoms with van der Waals surface area (Å²) in [5, 5.41) is 9.61. The number of hydrogen-bond donors (Lipinski definition) is 1. The summed E-state index contributed by atoms with van der Waals surface area (Å²) < 4.78 is 66.3. The Morgan fingerprint density at radius 2 is 1.28 bits per heavy atom. The molecule has 0 amide bonds. The van der Waals surface area contributed by atoms with E-state index in [1.165, 1.54) is 74.6 Å². The topological polar surface area (TPSA) is 72.8 Å². The molecule has 9 heteroatoms. The number of alkyl halides is 3. The molecule has 3 aromatic carbocycles. The van der Waals surface area contributed by atoms with Crippen molar-refractivity contribution >= 4 is 11.9 Å². The van der Waals surface area contributed by atoms with Crippen LogP contribution in [0.2, 0.25) is 0 Å². The van der Waals surface area contributed by atoms with E-state index in [2.05, 4.69) is 6.92 Å². The van der Waals surface area contributed by atoms with Crippen LogP contribution in [0.25, 0.3) is 22.3 Å². The van der Waals surface area contributed by atoms with E-state index < -0.39 is 30.0 Å². The summed E-state index contributed by atoms with van der Waals surface area (Å²) in [6.45, 7) is 4.55. The highest BCUT2D eigenvalue weighted by Gasteiger charge is 2.42. The van der Waals surface area contributed by atoms with Crippen LogP contribution in [0.1, 0.15) is 118 Å². The van der Waals surface area contributed by atoms with Gasteiger partial charge in [-0.2, -0.15) is 13.2 Å². The highest BCUT2D eigenvalue weighted by Crippen LogP contribution is 2.36. The number of benzene rings is 3. The van der Waals surface area contributed by atoms with Crippen LogP contribution in [0.3, 0.4) is 0 Å². The molecule has 0 saturated carbocycles. The largest absolute Gasteiger partial charge is 0.491 e. The van der Waals surface area contributed by atoms with Crippen LogP contribution in [0, 0.1) is 5.82 Å². The van der Waals surface area contributed by atoms with Crippen molar-refractivity contribution in [1.29, 1.82) is 0 Å². The number of rotatable bonds is 20. The lowest BCUT2D eigenvalue weighted by molar-refractivity contribution is -0.206. The molecule has 5 nitrogen and oxygen atoms in total. The van der Waals surface area contributed by atoms with Gasteiger partial charge < -0.3 is 14.6 Å². The number of carboxylic acid groups (broad SMARTS) is 1. The van der Waals surface area contributed by atoms with Crippen molar-refractivity contribution in [2.75, 3.05) is 6.61 Å². The molecule has 0 aromatic heterocycles. The van der Waals surface area contributed by atoms with Gasteiger partial charge in [0.25, 0.3) is 0 Å². The van der Waals surface area contributed by atoms with Gasteiger partial charge in [0.15, 0.2) is 17.7 Å². The summed E-state index contributed by atoms with van der Waals surface area (Å²) in [6, 6.07) is 14.7. The van der Waals surface area contributed by atoms with Crippen molar-refractivity contribution in [1.82, 2.24) is 0 Å². The number of carbonyl (C=O) groups excluding carboxylic acids is 1. The zero-order chi connectivity index (χ0) is 34.2. The Bertz CT molecular complexity index is 1420. The Morgan fingerprint density at radius 3 is 1.87 bits per heavy atom. The highest BCUT2D eigenvalue weighted by atomic mass is 19.4. The van der Waals surface area contributed by atoms with Crippen LogP contribution >= 0.6 is 0 Å². The van der Waals surface area contributed by atoms with Crippen LogP contribution < -0.4 is 4.74 Å². The number of hydrogen-bond acceptors (Lipinski definition) is 4. The van der Waals surface area contributed by atoms with Crippen molar-refractivity contribution in [2.24, 2.45) is 0 Å². The zero-order valence-electron chi connectivity index (χ0n) is 27.3. The maximum Gasteiger partial charge on any atom is 0.425 e. The predicted molar refractivity (Wildman–Crippen MR) is 176 cm³/mol. The fourth-order valence-corrected chi connectivity index (χ4v) is 5.40. The fourth-order valence-electron chi connectivity index (χ4n) is 5.40. The maximum atomic E-state index is 15.1. The Labute approximate surface area is 275 Å². The molecule has 3 rings (SSSR count). The summed E-state index contributed by atoms with van der Waals surface area (Å²) in [7, 11) is 0. The van der Waals surface area contributed by atoms with E-state index in [1.807, 2.05) is 6.92 Å². The summed E-state index contributed by atoms with van der Waals surface area (Å²) >= 11 is 0. The minimum absolute atomic E-state index is 0.00545. The lowest BCUT2D eigenvalue weighted by atomic mass is 9.92. The molecule has 256 valence electrons. The van der Waals surface area contributed by atoms with E-state index in [0.29, 0.717) is 41.7 Å². The quantitative estimate of drug-likeness (QED) is 0.0743. The van der Waals surface area contributed by atoms with Crippen LogP contribution in [0.15, 0.2) is 60.7 Å². The summed E-state index contributed by atoms with van der Waals surface area (Å²) in [5.74, 6) is -2.68. The van der Waals surface area contributed by atoms with Gasteiger partial charge in [-0.25, -0.2) is 14.0 Å². The van der Waals surface area contributed by atoms with E-state index in [1.54, 1.807) is 18.2 Å². The molecule has 1 atom stereocenters. The summed E-state index contributed by atoms with van der Waals surface area (Å²) in [5.41, 5.74) is 1.87. The van der Waals surface area contributed by atoms with Crippen molar-refractivity contribution in [2.45, 2.75) is 110 Å². The van der Waals surface area contributed by atoms with Gasteiger partial charge in [0.05, 0.1) is 17.7 Å². The van der Waals surface area contributed by atoms with Crippen molar-refractivity contribution < 1.29 is 41.7 Å². The van der Waals surface area contributed by atoms with Gasteiger partial charge >= 0.3 is 18.1 Å². The maximum absolute atomic E-state index is 15.1. The second-order valence-electron chi connectivity index (χ2n) is 11.9. The Balaban J connectivity index is 1.73. The molecule has 1 unspecified atom stereocenters. The Kier molecular flexibility index (Phi) is 15.2. The minimum Gasteiger partial charge on any atom is -0.491 e. The molecule has 0 aliphatic heterocycles. The molecule has 1 N–H and O–H groups in total. The average molecular weight is 659 g/mol. The van der Waals surface area contributed by atoms with E-state index in [4.69, 9.17) is 9.47 Å². The molecule has 0 spiro atoms. The molecule has 47 heavy (non-hydrogen) atoms. The molecular formula is C38H46F4O5. The lowest BCUT2D eigenvalue weighted by Crippen LogP contribution is -2.33. The van der Waals surface area contributed by atoms with E-state index >= 15 is 4.39 Å². The van der Waals surface area contributed by atoms with Crippen LogP contribution in [-0.4, -0.2) is 35.9 Å². The fraction of sp³-hybridized carbons (Fsp3) is 0.474. The monoisotopic (exact) mass is 658 g/mol. The minimum atomic E-state index is -4.68. The first-order valence-electron chi connectivity index (χ1n) is 16.7. The molecule has 0 fully saturated rings. The van der Waals surface area contributed by atoms with Gasteiger partial charge in [-0.15, -0.1) is 0 Å². The van der Waals surface area contributed by atoms with Crippen molar-refractivity contribution in [3.8, 4) is 28.0 Å². The third-order valence-corrected chi connectivity index (χ3v) is 8.13. The summed E-state index contributed by atoms with van der Waals surface area (Å²) in [4.78, 5) is 24.4.